The molecule has 0 saturated carbocycles. The first-order valence-corrected chi connectivity index (χ1v) is 10.9. The molecule has 0 aliphatic heterocycles. The molecule has 0 bridgehead atoms. The van der Waals surface area contributed by atoms with Crippen LogP contribution in [0.5, 0.6) is 0 Å². The molecule has 0 N–H and O–H groups in total. The molecular formula is C24H44. The quantitative estimate of drug-likeness (QED) is 0.174. The van der Waals surface area contributed by atoms with Crippen molar-refractivity contribution in [2.75, 3.05) is 0 Å². The number of allylic oxidation sites excluding steroid dienone is 1. The Balaban J connectivity index is 3.77. The molecule has 0 amide bonds. The van der Waals surface area contributed by atoms with Crippen molar-refractivity contribution >= 4 is 0 Å². The van der Waals surface area contributed by atoms with Gasteiger partial charge in [0.25, 0.3) is 0 Å². The third-order valence-electron chi connectivity index (χ3n) is 5.17. The van der Waals surface area contributed by atoms with Crippen LogP contribution in [0.15, 0.2) is 12.2 Å². The van der Waals surface area contributed by atoms with Crippen LogP contribution in [0, 0.1) is 18.3 Å². The van der Waals surface area contributed by atoms with Crippen LogP contribution < -0.4 is 0 Å². The van der Waals surface area contributed by atoms with Crippen molar-refractivity contribution < 1.29 is 0 Å². The van der Waals surface area contributed by atoms with Crippen molar-refractivity contribution in [3.05, 3.63) is 12.2 Å². The van der Waals surface area contributed by atoms with Crippen molar-refractivity contribution in [2.24, 2.45) is 5.92 Å². The number of hydrogen-bond acceptors (Lipinski definition) is 0. The van der Waals surface area contributed by atoms with Gasteiger partial charge in [-0.05, 0) is 17.9 Å². The molecule has 0 atom stereocenters. The SMILES string of the molecule is C#CC(=C)CC(CCCCCCCCC)CCCCCCCCC. The van der Waals surface area contributed by atoms with E-state index in [1.807, 2.05) is 0 Å². The molecule has 0 fully saturated rings. The Morgan fingerprint density at radius 1 is 0.708 bits per heavy atom. The number of hydrogen-bond donors (Lipinski definition) is 0. The van der Waals surface area contributed by atoms with Crippen LogP contribution in [0.3, 0.4) is 0 Å². The van der Waals surface area contributed by atoms with Crippen LogP contribution >= 0.6 is 0 Å². The van der Waals surface area contributed by atoms with E-state index >= 15 is 0 Å². The minimum atomic E-state index is 0.778. The molecule has 0 heterocycles. The Bertz CT molecular complexity index is 288. The third-order valence-corrected chi connectivity index (χ3v) is 5.17. The van der Waals surface area contributed by atoms with Gasteiger partial charge in [0.2, 0.25) is 0 Å². The summed E-state index contributed by atoms with van der Waals surface area (Å²) in [6.45, 7) is 8.60. The number of unbranched alkanes of at least 4 members (excludes halogenated alkanes) is 12. The Hall–Kier alpha value is -0.700. The molecule has 0 aliphatic rings. The van der Waals surface area contributed by atoms with E-state index in [2.05, 4.69) is 26.3 Å². The van der Waals surface area contributed by atoms with Crippen LogP contribution in [-0.2, 0) is 0 Å². The van der Waals surface area contributed by atoms with Gasteiger partial charge >= 0.3 is 0 Å². The Labute approximate surface area is 153 Å². The highest BCUT2D eigenvalue weighted by molar-refractivity contribution is 5.21. The first kappa shape index (κ1) is 23.3. The van der Waals surface area contributed by atoms with E-state index in [4.69, 9.17) is 6.42 Å². The summed E-state index contributed by atoms with van der Waals surface area (Å²) < 4.78 is 0. The Morgan fingerprint density at radius 3 is 1.46 bits per heavy atom. The van der Waals surface area contributed by atoms with Gasteiger partial charge < -0.3 is 0 Å². The van der Waals surface area contributed by atoms with Crippen molar-refractivity contribution in [1.29, 1.82) is 0 Å². The van der Waals surface area contributed by atoms with E-state index in [0.29, 0.717) is 0 Å². The fourth-order valence-corrected chi connectivity index (χ4v) is 3.54. The monoisotopic (exact) mass is 332 g/mol. The summed E-state index contributed by atoms with van der Waals surface area (Å²) in [7, 11) is 0. The van der Waals surface area contributed by atoms with Gasteiger partial charge in [0.05, 0.1) is 0 Å². The maximum absolute atomic E-state index is 5.52. The van der Waals surface area contributed by atoms with Gasteiger partial charge in [0, 0.05) is 0 Å². The molecule has 0 aromatic heterocycles. The van der Waals surface area contributed by atoms with Gasteiger partial charge in [-0.2, -0.15) is 0 Å². The third kappa shape index (κ3) is 16.2. The van der Waals surface area contributed by atoms with Gasteiger partial charge in [0.1, 0.15) is 0 Å². The molecule has 0 saturated heterocycles. The van der Waals surface area contributed by atoms with Gasteiger partial charge in [-0.1, -0.05) is 129 Å². The van der Waals surface area contributed by atoms with E-state index in [9.17, 15) is 0 Å². The van der Waals surface area contributed by atoms with E-state index in [0.717, 1.165) is 17.9 Å². The first-order chi connectivity index (χ1) is 11.7. The van der Waals surface area contributed by atoms with E-state index < -0.39 is 0 Å². The lowest BCUT2D eigenvalue weighted by Crippen LogP contribution is -2.02. The lowest BCUT2D eigenvalue weighted by Gasteiger charge is -2.16. The predicted molar refractivity (Wildman–Crippen MR) is 111 cm³/mol. The zero-order valence-electron chi connectivity index (χ0n) is 16.9. The molecule has 0 unspecified atom stereocenters. The molecule has 140 valence electrons. The zero-order valence-corrected chi connectivity index (χ0v) is 16.9. The summed E-state index contributed by atoms with van der Waals surface area (Å²) in [6, 6.07) is 0. The number of terminal acetylenes is 1. The second-order valence-electron chi connectivity index (χ2n) is 7.64. The van der Waals surface area contributed by atoms with E-state index in [1.165, 1.54) is 103 Å². The highest BCUT2D eigenvalue weighted by Gasteiger charge is 2.09. The van der Waals surface area contributed by atoms with Gasteiger partial charge in [-0.25, -0.2) is 0 Å². The predicted octanol–water partition coefficient (Wildman–Crippen LogP) is 8.46. The molecule has 0 radical (unpaired) electrons. The second kappa shape index (κ2) is 18.6. The first-order valence-electron chi connectivity index (χ1n) is 10.9. The minimum Gasteiger partial charge on any atom is -0.115 e. The fraction of sp³-hybridized carbons (Fsp3) is 0.833. The van der Waals surface area contributed by atoms with Gasteiger partial charge in [0.15, 0.2) is 0 Å². The van der Waals surface area contributed by atoms with Gasteiger partial charge in [-0.3, -0.25) is 0 Å². The topological polar surface area (TPSA) is 0 Å². The zero-order chi connectivity index (χ0) is 17.9. The smallest absolute Gasteiger partial charge is 0.00515 e. The molecule has 0 heteroatoms. The normalized spacial score (nSPS) is 10.9. The van der Waals surface area contributed by atoms with Crippen molar-refractivity contribution in [2.45, 2.75) is 123 Å². The van der Waals surface area contributed by atoms with Crippen LogP contribution in [0.2, 0.25) is 0 Å². The minimum absolute atomic E-state index is 0.778. The average Bonchev–Trinajstić information content (AvgIpc) is 2.59. The lowest BCUT2D eigenvalue weighted by molar-refractivity contribution is 0.402. The van der Waals surface area contributed by atoms with E-state index in [1.54, 1.807) is 0 Å². The molecule has 0 nitrogen and oxygen atoms in total. The number of rotatable bonds is 18. The highest BCUT2D eigenvalue weighted by atomic mass is 14.1. The maximum Gasteiger partial charge on any atom is -0.00515 e. The second-order valence-corrected chi connectivity index (χ2v) is 7.64. The summed E-state index contributed by atoms with van der Waals surface area (Å²) >= 11 is 0. The average molecular weight is 333 g/mol. The molecule has 0 spiro atoms. The van der Waals surface area contributed by atoms with E-state index in [-0.39, 0.29) is 0 Å². The summed E-state index contributed by atoms with van der Waals surface area (Å²) in [5.74, 6) is 3.53. The van der Waals surface area contributed by atoms with Crippen LogP contribution in [-0.4, -0.2) is 0 Å². The van der Waals surface area contributed by atoms with Crippen molar-refractivity contribution in [3.63, 3.8) is 0 Å². The summed E-state index contributed by atoms with van der Waals surface area (Å²) in [5.41, 5.74) is 1.01. The van der Waals surface area contributed by atoms with Crippen molar-refractivity contribution in [3.8, 4) is 12.3 Å². The van der Waals surface area contributed by atoms with Crippen LogP contribution in [0.1, 0.15) is 123 Å². The highest BCUT2D eigenvalue weighted by Crippen LogP contribution is 2.24. The Morgan fingerprint density at radius 2 is 1.08 bits per heavy atom. The largest absolute Gasteiger partial charge is 0.115 e. The molecule has 0 aromatic rings. The molecular weight excluding hydrogens is 288 g/mol. The molecule has 0 aromatic carbocycles. The maximum atomic E-state index is 5.52. The fourth-order valence-electron chi connectivity index (χ4n) is 3.54. The standard InChI is InChI=1S/C24H44/c1-5-8-10-12-14-16-18-20-24(22-23(4)7-3)21-19-17-15-13-11-9-6-2/h3,24H,4-6,8-22H2,1-2H3. The molecule has 24 heavy (non-hydrogen) atoms. The van der Waals surface area contributed by atoms with Gasteiger partial charge in [-0.15, -0.1) is 6.42 Å². The Kier molecular flexibility index (Phi) is 18.1. The lowest BCUT2D eigenvalue weighted by atomic mass is 9.89. The molecule has 0 rings (SSSR count). The summed E-state index contributed by atoms with van der Waals surface area (Å²) in [5, 5.41) is 0. The van der Waals surface area contributed by atoms with Crippen molar-refractivity contribution in [1.82, 2.24) is 0 Å². The summed E-state index contributed by atoms with van der Waals surface area (Å²) in [6.07, 6.45) is 28.9. The van der Waals surface area contributed by atoms with Crippen LogP contribution in [0.25, 0.3) is 0 Å². The van der Waals surface area contributed by atoms with Crippen LogP contribution in [0.4, 0.5) is 0 Å². The molecule has 0 aliphatic carbocycles. The summed E-state index contributed by atoms with van der Waals surface area (Å²) in [4.78, 5) is 0.